The molecule has 0 saturated heterocycles. The molecule has 0 atom stereocenters. The van der Waals surface area contributed by atoms with Crippen LogP contribution in [0.4, 0.5) is 5.69 Å². The van der Waals surface area contributed by atoms with Crippen molar-refractivity contribution in [2.75, 3.05) is 18.4 Å². The lowest BCUT2D eigenvalue weighted by Gasteiger charge is -2.19. The molecule has 98 valence electrons. The first-order valence-corrected chi connectivity index (χ1v) is 5.99. The van der Waals surface area contributed by atoms with E-state index in [0.29, 0.717) is 11.3 Å². The maximum absolute atomic E-state index is 12.3. The molecule has 1 amide bonds. The van der Waals surface area contributed by atoms with Gasteiger partial charge in [0.15, 0.2) is 0 Å². The van der Waals surface area contributed by atoms with E-state index in [1.165, 1.54) is 4.90 Å². The highest BCUT2D eigenvalue weighted by Gasteiger charge is 2.18. The van der Waals surface area contributed by atoms with Crippen LogP contribution in [0.2, 0.25) is 0 Å². The number of carbonyl (C=O) groups is 1. The molecule has 0 aromatic heterocycles. The normalized spacial score (nSPS) is 9.53. The number of benzene rings is 1. The largest absolute Gasteiger partial charge is 0.382 e. The Morgan fingerprint density at radius 2 is 1.84 bits per heavy atom. The van der Waals surface area contributed by atoms with Gasteiger partial charge in [0, 0.05) is 11.7 Å². The summed E-state index contributed by atoms with van der Waals surface area (Å²) in [5, 5.41) is 20.6. The van der Waals surface area contributed by atoms with Crippen LogP contribution in [0.1, 0.15) is 24.2 Å². The Labute approximate surface area is 113 Å². The van der Waals surface area contributed by atoms with Crippen molar-refractivity contribution in [3.05, 3.63) is 29.8 Å². The SMILES string of the molecule is CC(C)Nc1ccccc1C(=O)N(CC#N)CC#N. The van der Waals surface area contributed by atoms with Crippen molar-refractivity contribution in [1.82, 2.24) is 4.90 Å². The second kappa shape index (κ2) is 7.03. The van der Waals surface area contributed by atoms with Gasteiger partial charge < -0.3 is 10.2 Å². The molecule has 5 nitrogen and oxygen atoms in total. The zero-order chi connectivity index (χ0) is 14.3. The number of nitrogens with zero attached hydrogens (tertiary/aromatic N) is 3. The van der Waals surface area contributed by atoms with Gasteiger partial charge in [-0.05, 0) is 26.0 Å². The van der Waals surface area contributed by atoms with E-state index in [-0.39, 0.29) is 25.0 Å². The summed E-state index contributed by atoms with van der Waals surface area (Å²) in [7, 11) is 0. The predicted octanol–water partition coefficient (Wildman–Crippen LogP) is 2.00. The summed E-state index contributed by atoms with van der Waals surface area (Å²) >= 11 is 0. The molecule has 0 spiro atoms. The highest BCUT2D eigenvalue weighted by Crippen LogP contribution is 2.18. The lowest BCUT2D eigenvalue weighted by atomic mass is 10.1. The molecule has 19 heavy (non-hydrogen) atoms. The van der Waals surface area contributed by atoms with E-state index in [0.717, 1.165) is 0 Å². The van der Waals surface area contributed by atoms with Crippen molar-refractivity contribution in [2.24, 2.45) is 0 Å². The number of carbonyl (C=O) groups excluding carboxylic acids is 1. The average Bonchev–Trinajstić information content (AvgIpc) is 2.38. The zero-order valence-corrected chi connectivity index (χ0v) is 11.1. The zero-order valence-electron chi connectivity index (χ0n) is 11.1. The Hall–Kier alpha value is -2.53. The number of rotatable bonds is 5. The van der Waals surface area contributed by atoms with Crippen LogP contribution in [-0.4, -0.2) is 29.9 Å². The van der Waals surface area contributed by atoms with Crippen molar-refractivity contribution in [3.8, 4) is 12.1 Å². The fourth-order valence-electron chi connectivity index (χ4n) is 1.65. The molecule has 0 fully saturated rings. The van der Waals surface area contributed by atoms with Gasteiger partial charge in [-0.15, -0.1) is 0 Å². The molecular formula is C14H16N4O. The van der Waals surface area contributed by atoms with Gasteiger partial charge in [0.1, 0.15) is 13.1 Å². The fraction of sp³-hybridized carbons (Fsp3) is 0.357. The molecule has 1 N–H and O–H groups in total. The highest BCUT2D eigenvalue weighted by molar-refractivity contribution is 5.99. The summed E-state index contributed by atoms with van der Waals surface area (Å²) in [6.07, 6.45) is 0. The third-order valence-electron chi connectivity index (χ3n) is 2.41. The third kappa shape index (κ3) is 4.01. The number of para-hydroxylation sites is 1. The Bertz CT molecular complexity index is 509. The van der Waals surface area contributed by atoms with Crippen LogP contribution in [-0.2, 0) is 0 Å². The first-order chi connectivity index (χ1) is 9.10. The molecule has 1 aromatic carbocycles. The van der Waals surface area contributed by atoms with Gasteiger partial charge >= 0.3 is 0 Å². The number of amides is 1. The second-order valence-electron chi connectivity index (χ2n) is 4.32. The summed E-state index contributed by atoms with van der Waals surface area (Å²) in [5.74, 6) is -0.313. The van der Waals surface area contributed by atoms with E-state index in [1.54, 1.807) is 12.1 Å². The highest BCUT2D eigenvalue weighted by atomic mass is 16.2. The van der Waals surface area contributed by atoms with E-state index >= 15 is 0 Å². The van der Waals surface area contributed by atoms with Crippen molar-refractivity contribution >= 4 is 11.6 Å². The van der Waals surface area contributed by atoms with Crippen LogP contribution < -0.4 is 5.32 Å². The molecule has 1 aromatic rings. The van der Waals surface area contributed by atoms with Crippen LogP contribution in [0.15, 0.2) is 24.3 Å². The lowest BCUT2D eigenvalue weighted by molar-refractivity contribution is 0.0795. The molecule has 0 unspecified atom stereocenters. The summed E-state index contributed by atoms with van der Waals surface area (Å²) < 4.78 is 0. The van der Waals surface area contributed by atoms with E-state index in [2.05, 4.69) is 5.32 Å². The third-order valence-corrected chi connectivity index (χ3v) is 2.41. The Kier molecular flexibility index (Phi) is 5.37. The first-order valence-electron chi connectivity index (χ1n) is 5.99. The van der Waals surface area contributed by atoms with Crippen LogP contribution in [0, 0.1) is 22.7 Å². The molecule has 0 aliphatic heterocycles. The molecule has 0 heterocycles. The molecule has 0 radical (unpaired) electrons. The summed E-state index contributed by atoms with van der Waals surface area (Å²) in [6, 6.07) is 11.1. The molecular weight excluding hydrogens is 240 g/mol. The standard InChI is InChI=1S/C14H16N4O/c1-11(2)17-13-6-4-3-5-12(13)14(19)18(9-7-15)10-8-16/h3-6,11,17H,9-10H2,1-2H3. The van der Waals surface area contributed by atoms with E-state index in [4.69, 9.17) is 10.5 Å². The number of nitriles is 2. The van der Waals surface area contributed by atoms with Crippen molar-refractivity contribution in [1.29, 1.82) is 10.5 Å². The lowest BCUT2D eigenvalue weighted by Crippen LogP contribution is -2.32. The summed E-state index contributed by atoms with van der Waals surface area (Å²) in [5.41, 5.74) is 1.19. The number of hydrogen-bond acceptors (Lipinski definition) is 4. The van der Waals surface area contributed by atoms with E-state index in [1.807, 2.05) is 38.1 Å². The number of nitrogens with one attached hydrogen (secondary N) is 1. The molecule has 1 rings (SSSR count). The summed E-state index contributed by atoms with van der Waals surface area (Å²) in [6.45, 7) is 3.76. The first kappa shape index (κ1) is 14.5. The second-order valence-corrected chi connectivity index (χ2v) is 4.32. The number of anilines is 1. The monoisotopic (exact) mass is 256 g/mol. The van der Waals surface area contributed by atoms with Crippen LogP contribution in [0.5, 0.6) is 0 Å². The van der Waals surface area contributed by atoms with E-state index in [9.17, 15) is 4.79 Å². The minimum atomic E-state index is -0.313. The maximum atomic E-state index is 12.3. The van der Waals surface area contributed by atoms with Crippen molar-refractivity contribution < 1.29 is 4.79 Å². The molecule has 0 bridgehead atoms. The predicted molar refractivity (Wildman–Crippen MR) is 72.3 cm³/mol. The average molecular weight is 256 g/mol. The Morgan fingerprint density at radius 3 is 2.37 bits per heavy atom. The van der Waals surface area contributed by atoms with E-state index < -0.39 is 0 Å². The van der Waals surface area contributed by atoms with Gasteiger partial charge in [-0.1, -0.05) is 12.1 Å². The maximum Gasteiger partial charge on any atom is 0.257 e. The molecule has 5 heteroatoms. The van der Waals surface area contributed by atoms with Gasteiger partial charge in [-0.2, -0.15) is 10.5 Å². The van der Waals surface area contributed by atoms with Crippen molar-refractivity contribution in [3.63, 3.8) is 0 Å². The minimum absolute atomic E-state index is 0.0948. The van der Waals surface area contributed by atoms with Crippen LogP contribution >= 0.6 is 0 Å². The number of hydrogen-bond donors (Lipinski definition) is 1. The van der Waals surface area contributed by atoms with Gasteiger partial charge in [0.25, 0.3) is 5.91 Å². The van der Waals surface area contributed by atoms with Crippen LogP contribution in [0.3, 0.4) is 0 Å². The summed E-state index contributed by atoms with van der Waals surface area (Å²) in [4.78, 5) is 13.5. The van der Waals surface area contributed by atoms with Gasteiger partial charge in [-0.25, -0.2) is 0 Å². The van der Waals surface area contributed by atoms with Gasteiger partial charge in [0.05, 0.1) is 17.7 Å². The topological polar surface area (TPSA) is 79.9 Å². The minimum Gasteiger partial charge on any atom is -0.382 e. The fourth-order valence-corrected chi connectivity index (χ4v) is 1.65. The smallest absolute Gasteiger partial charge is 0.257 e. The molecule has 0 aliphatic carbocycles. The Morgan fingerprint density at radius 1 is 1.26 bits per heavy atom. The van der Waals surface area contributed by atoms with Crippen LogP contribution in [0.25, 0.3) is 0 Å². The van der Waals surface area contributed by atoms with Gasteiger partial charge in [0.2, 0.25) is 0 Å². The molecule has 0 aliphatic rings. The quantitative estimate of drug-likeness (QED) is 0.817. The van der Waals surface area contributed by atoms with Gasteiger partial charge in [-0.3, -0.25) is 4.79 Å². The Balaban J connectivity index is 3.04. The molecule has 0 saturated carbocycles. The van der Waals surface area contributed by atoms with Crippen molar-refractivity contribution in [2.45, 2.75) is 19.9 Å².